The van der Waals surface area contributed by atoms with Crippen molar-refractivity contribution in [2.75, 3.05) is 31.7 Å². The van der Waals surface area contributed by atoms with E-state index in [0.29, 0.717) is 16.9 Å². The summed E-state index contributed by atoms with van der Waals surface area (Å²) in [5.41, 5.74) is 2.30. The Balaban J connectivity index is 1.58. The van der Waals surface area contributed by atoms with E-state index in [1.54, 1.807) is 53.4 Å². The topological polar surface area (TPSA) is 101 Å². The molecule has 2 amide bonds. The number of hydrogen-bond donors (Lipinski definition) is 1. The van der Waals surface area contributed by atoms with Crippen molar-refractivity contribution in [3.63, 3.8) is 0 Å². The average molecular weight is 730 g/mol. The quantitative estimate of drug-likeness (QED) is 0.108. The Morgan fingerprint density at radius 2 is 1.81 bits per heavy atom. The van der Waals surface area contributed by atoms with Gasteiger partial charge in [0.25, 0.3) is 11.5 Å². The van der Waals surface area contributed by atoms with Gasteiger partial charge in [0, 0.05) is 48.5 Å². The summed E-state index contributed by atoms with van der Waals surface area (Å²) in [6, 6.07) is 18.2. The van der Waals surface area contributed by atoms with Crippen molar-refractivity contribution in [1.29, 1.82) is 0 Å². The second-order valence-electron chi connectivity index (χ2n) is 14.7. The normalized spacial score (nSPS) is 21.4. The number of amides is 2. The molecule has 0 unspecified atom stereocenters. The molecule has 0 radical (unpaired) electrons. The number of carbonyl (C=O) groups is 2. The van der Waals surface area contributed by atoms with Crippen molar-refractivity contribution in [2.45, 2.75) is 83.8 Å². The third-order valence-electron chi connectivity index (χ3n) is 10.4. The number of pyridine rings is 1. The van der Waals surface area contributed by atoms with Crippen molar-refractivity contribution in [1.82, 2.24) is 9.47 Å². The lowest BCUT2D eigenvalue weighted by Gasteiger charge is -2.31. The van der Waals surface area contributed by atoms with Crippen LogP contribution in [0.1, 0.15) is 58.1 Å². The van der Waals surface area contributed by atoms with E-state index in [0.717, 1.165) is 24.0 Å². The van der Waals surface area contributed by atoms with Crippen LogP contribution in [0.3, 0.4) is 0 Å². The summed E-state index contributed by atoms with van der Waals surface area (Å²) in [4.78, 5) is 45.5. The summed E-state index contributed by atoms with van der Waals surface area (Å²) < 4.78 is 30.2. The van der Waals surface area contributed by atoms with Gasteiger partial charge >= 0.3 is 0 Å². The first kappa shape index (κ1) is 38.9. The SMILES string of the molecule is COc1cccn(-c2ccc3c(c2)[C@]2(O[C@@H](CC(=O)N(CCO)Cc4ccccc4)[C@H]([Si](C)(C)F)[C@H]2C)C(=O)N3C/C=C(\C)CCC=C(C)C)c1=O. The van der Waals surface area contributed by atoms with Crippen molar-refractivity contribution in [2.24, 2.45) is 5.92 Å². The van der Waals surface area contributed by atoms with Crippen LogP contribution in [0.4, 0.5) is 9.80 Å². The molecule has 278 valence electrons. The van der Waals surface area contributed by atoms with Crippen LogP contribution in [0.15, 0.2) is 95.0 Å². The smallest absolute Gasteiger partial charge is 0.297 e. The van der Waals surface area contributed by atoms with Gasteiger partial charge in [-0.05, 0) is 82.6 Å². The lowest BCUT2D eigenvalue weighted by Crippen LogP contribution is -2.45. The molecule has 1 N–H and O–H groups in total. The first-order valence-corrected chi connectivity index (χ1v) is 21.0. The number of ether oxygens (including phenoxy) is 2. The fourth-order valence-corrected chi connectivity index (χ4v) is 10.3. The first-order valence-electron chi connectivity index (χ1n) is 18.0. The Morgan fingerprint density at radius 3 is 2.46 bits per heavy atom. The zero-order chi connectivity index (χ0) is 37.8. The number of aliphatic hydroxyl groups excluding tert-OH is 1. The van der Waals surface area contributed by atoms with Crippen molar-refractivity contribution < 1.29 is 28.3 Å². The van der Waals surface area contributed by atoms with E-state index in [4.69, 9.17) is 9.47 Å². The van der Waals surface area contributed by atoms with Crippen molar-refractivity contribution in [3.8, 4) is 11.4 Å². The van der Waals surface area contributed by atoms with Gasteiger partial charge in [-0.3, -0.25) is 19.0 Å². The molecule has 0 aliphatic carbocycles. The Morgan fingerprint density at radius 1 is 1.08 bits per heavy atom. The minimum Gasteiger partial charge on any atom is -0.491 e. The van der Waals surface area contributed by atoms with E-state index in [9.17, 15) is 19.5 Å². The summed E-state index contributed by atoms with van der Waals surface area (Å²) in [6.45, 7) is 11.7. The van der Waals surface area contributed by atoms with Crippen LogP contribution >= 0.6 is 0 Å². The number of fused-ring (bicyclic) bond motifs is 2. The number of benzene rings is 2. The molecule has 2 aliphatic rings. The largest absolute Gasteiger partial charge is 0.491 e. The van der Waals surface area contributed by atoms with Gasteiger partial charge in [0.15, 0.2) is 11.4 Å². The molecule has 5 rings (SSSR count). The maximum Gasteiger partial charge on any atom is 0.297 e. The molecule has 2 aliphatic heterocycles. The molecule has 1 saturated heterocycles. The molecule has 2 aromatic carbocycles. The Bertz CT molecular complexity index is 1880. The van der Waals surface area contributed by atoms with Crippen LogP contribution in [0, 0.1) is 5.92 Å². The number of hydrogen-bond acceptors (Lipinski definition) is 6. The zero-order valence-corrected chi connectivity index (χ0v) is 32.4. The number of allylic oxidation sites excluding steroid dienone is 3. The second kappa shape index (κ2) is 16.1. The second-order valence-corrected chi connectivity index (χ2v) is 18.5. The minimum atomic E-state index is -3.58. The lowest BCUT2D eigenvalue weighted by atomic mass is 9.82. The number of rotatable bonds is 14. The number of anilines is 1. The molecule has 1 aromatic heterocycles. The van der Waals surface area contributed by atoms with E-state index >= 15 is 4.11 Å². The van der Waals surface area contributed by atoms with Gasteiger partial charge in [-0.25, -0.2) is 0 Å². The van der Waals surface area contributed by atoms with Gasteiger partial charge in [-0.2, -0.15) is 0 Å². The van der Waals surface area contributed by atoms with Gasteiger partial charge in [-0.1, -0.05) is 60.6 Å². The Kier molecular flexibility index (Phi) is 12.1. The van der Waals surface area contributed by atoms with Gasteiger partial charge in [0.05, 0.1) is 31.9 Å². The third kappa shape index (κ3) is 7.86. The molecule has 52 heavy (non-hydrogen) atoms. The van der Waals surface area contributed by atoms with Gasteiger partial charge in [-0.15, -0.1) is 0 Å². The standard InChI is InChI=1S/C41H52FN3O6Si/c1-28(2)13-11-14-29(3)20-22-45-34-19-18-32(44-21-12-17-35(50-5)39(44)48)25-33(34)41(40(45)49)30(4)38(52(6,7)42)36(51-41)26-37(47)43(23-24-46)27-31-15-9-8-10-16-31/h8-10,12-13,15-21,25,30,36,38,46H,11,14,22-24,26-27H2,1-7H3/b29-20+/t30-,36+,38-,41+/m1/s1. The van der Waals surface area contributed by atoms with E-state index < -0.39 is 31.6 Å². The van der Waals surface area contributed by atoms with E-state index in [1.807, 2.05) is 56.3 Å². The molecule has 1 fully saturated rings. The molecule has 0 saturated carbocycles. The maximum absolute atomic E-state index is 16.6. The molecule has 11 heteroatoms. The maximum atomic E-state index is 16.6. The highest BCUT2D eigenvalue weighted by molar-refractivity contribution is 6.72. The molecule has 3 aromatic rings. The van der Waals surface area contributed by atoms with Gasteiger partial charge < -0.3 is 28.5 Å². The molecule has 1 spiro atoms. The van der Waals surface area contributed by atoms with Crippen molar-refractivity contribution in [3.05, 3.63) is 112 Å². The number of halogens is 1. The fraction of sp³-hybridized carbons (Fsp3) is 0.439. The predicted molar refractivity (Wildman–Crippen MR) is 205 cm³/mol. The summed E-state index contributed by atoms with van der Waals surface area (Å²) in [7, 11) is -2.14. The average Bonchev–Trinajstić information content (AvgIpc) is 3.52. The predicted octanol–water partition coefficient (Wildman–Crippen LogP) is 7.07. The Labute approximate surface area is 307 Å². The Hall–Kier alpha value is -4.32. The fourth-order valence-electron chi connectivity index (χ4n) is 7.85. The molecule has 4 atom stereocenters. The van der Waals surface area contributed by atoms with E-state index in [1.165, 1.54) is 17.3 Å². The van der Waals surface area contributed by atoms with Gasteiger partial charge in [0.2, 0.25) is 14.3 Å². The highest BCUT2D eigenvalue weighted by Gasteiger charge is 2.67. The number of aliphatic hydroxyl groups is 1. The molecule has 9 nitrogen and oxygen atoms in total. The zero-order valence-electron chi connectivity index (χ0n) is 31.4. The highest BCUT2D eigenvalue weighted by Crippen LogP contribution is 2.60. The van der Waals surface area contributed by atoms with Crippen LogP contribution in [0.2, 0.25) is 18.6 Å². The van der Waals surface area contributed by atoms with Crippen LogP contribution < -0.4 is 15.2 Å². The van der Waals surface area contributed by atoms with Crippen LogP contribution in [0.5, 0.6) is 5.75 Å². The molecule has 3 heterocycles. The molecular formula is C41H52FN3O6Si. The summed E-state index contributed by atoms with van der Waals surface area (Å²) in [5.74, 6) is -1.06. The van der Waals surface area contributed by atoms with Crippen LogP contribution in [-0.4, -0.2) is 67.7 Å². The number of aromatic nitrogens is 1. The van der Waals surface area contributed by atoms with E-state index in [2.05, 4.69) is 19.9 Å². The van der Waals surface area contributed by atoms with Crippen molar-refractivity contribution >= 4 is 25.9 Å². The molecular weight excluding hydrogens is 678 g/mol. The number of nitrogens with zero attached hydrogens (tertiary/aromatic N) is 3. The minimum absolute atomic E-state index is 0.107. The summed E-state index contributed by atoms with van der Waals surface area (Å²) in [6.07, 6.45) is 6.56. The number of carbonyl (C=O) groups excluding carboxylic acids is 2. The van der Waals surface area contributed by atoms with Gasteiger partial charge in [0.1, 0.15) is 0 Å². The van der Waals surface area contributed by atoms with Crippen LogP contribution in [-0.2, 0) is 26.5 Å². The van der Waals surface area contributed by atoms with Crippen LogP contribution in [0.25, 0.3) is 5.69 Å². The van der Waals surface area contributed by atoms with E-state index in [-0.39, 0.29) is 55.8 Å². The molecule has 0 bridgehead atoms. The summed E-state index contributed by atoms with van der Waals surface area (Å²) >= 11 is 0. The first-order chi connectivity index (χ1) is 24.7. The summed E-state index contributed by atoms with van der Waals surface area (Å²) in [5, 5.41) is 9.85. The monoisotopic (exact) mass is 729 g/mol. The third-order valence-corrected chi connectivity index (χ3v) is 12.8. The highest BCUT2D eigenvalue weighted by atomic mass is 28.4. The lowest BCUT2D eigenvalue weighted by molar-refractivity contribution is -0.149. The number of methoxy groups -OCH3 is 1.